The number of carbonyl (C=O) groups excluding carboxylic acids is 2. The van der Waals surface area contributed by atoms with E-state index < -0.39 is 4.92 Å². The van der Waals surface area contributed by atoms with Gasteiger partial charge in [-0.3, -0.25) is 19.7 Å². The number of benzene rings is 2. The molecule has 2 aromatic carbocycles. The molecule has 0 heterocycles. The molecule has 8 nitrogen and oxygen atoms in total. The number of amides is 2. The van der Waals surface area contributed by atoms with Gasteiger partial charge in [0.2, 0.25) is 5.91 Å². The normalized spacial score (nSPS) is 10.5. The predicted octanol–water partition coefficient (Wildman–Crippen LogP) is 2.26. The van der Waals surface area contributed by atoms with Gasteiger partial charge >= 0.3 is 0 Å². The lowest BCUT2D eigenvalue weighted by molar-refractivity contribution is -0.384. The number of nitro benzene ring substituents is 1. The summed E-state index contributed by atoms with van der Waals surface area (Å²) in [6, 6.07) is 14.6. The van der Waals surface area contributed by atoms with E-state index >= 15 is 0 Å². The average Bonchev–Trinajstić information content (AvgIpc) is 2.66. The number of nitro groups is 1. The fourth-order valence-electron chi connectivity index (χ4n) is 2.06. The second kappa shape index (κ2) is 9.67. The van der Waals surface area contributed by atoms with Gasteiger partial charge < -0.3 is 5.32 Å². The molecule has 0 fully saturated rings. The zero-order valence-corrected chi connectivity index (χ0v) is 13.9. The Morgan fingerprint density at radius 2 is 1.77 bits per heavy atom. The van der Waals surface area contributed by atoms with Crippen LogP contribution in [0.4, 0.5) is 5.69 Å². The maximum absolute atomic E-state index is 11.8. The second-order valence-corrected chi connectivity index (χ2v) is 5.37. The van der Waals surface area contributed by atoms with Crippen molar-refractivity contribution in [1.29, 1.82) is 0 Å². The molecule has 0 saturated heterocycles. The van der Waals surface area contributed by atoms with Crippen LogP contribution in [0.25, 0.3) is 0 Å². The molecule has 2 rings (SSSR count). The maximum atomic E-state index is 11.8. The van der Waals surface area contributed by atoms with Crippen molar-refractivity contribution in [3.05, 3.63) is 75.8 Å². The van der Waals surface area contributed by atoms with Gasteiger partial charge in [-0.05, 0) is 36.2 Å². The van der Waals surface area contributed by atoms with Crippen molar-refractivity contribution < 1.29 is 14.5 Å². The van der Waals surface area contributed by atoms with Gasteiger partial charge in [-0.2, -0.15) is 5.10 Å². The smallest absolute Gasteiger partial charge is 0.269 e. The Hall–Kier alpha value is -3.55. The van der Waals surface area contributed by atoms with Crippen LogP contribution in [0, 0.1) is 10.1 Å². The number of rotatable bonds is 8. The zero-order valence-electron chi connectivity index (χ0n) is 13.9. The number of non-ortho nitro benzene ring substituents is 1. The van der Waals surface area contributed by atoms with Crippen LogP contribution in [0.1, 0.15) is 28.8 Å². The summed E-state index contributed by atoms with van der Waals surface area (Å²) in [4.78, 5) is 33.5. The van der Waals surface area contributed by atoms with E-state index in [-0.39, 0.29) is 23.9 Å². The largest absolute Gasteiger partial charge is 0.352 e. The highest BCUT2D eigenvalue weighted by Gasteiger charge is 2.05. The summed E-state index contributed by atoms with van der Waals surface area (Å²) in [5.41, 5.74) is 3.57. The highest BCUT2D eigenvalue weighted by atomic mass is 16.6. The van der Waals surface area contributed by atoms with Gasteiger partial charge in [0.05, 0.1) is 11.1 Å². The number of carbonyl (C=O) groups is 2. The van der Waals surface area contributed by atoms with Gasteiger partial charge in [0.25, 0.3) is 11.6 Å². The Kier molecular flexibility index (Phi) is 6.99. The summed E-state index contributed by atoms with van der Waals surface area (Å²) in [5.74, 6) is -0.459. The molecule has 0 spiro atoms. The lowest BCUT2D eigenvalue weighted by atomic mass is 10.2. The molecule has 26 heavy (non-hydrogen) atoms. The SMILES string of the molecule is O=C(CCCNC(=O)c1ccccc1)N/N=C/c1ccc([N+](=O)[O-])cc1. The van der Waals surface area contributed by atoms with Crippen molar-refractivity contribution in [2.75, 3.05) is 6.54 Å². The van der Waals surface area contributed by atoms with E-state index in [1.165, 1.54) is 30.5 Å². The third-order valence-corrected chi connectivity index (χ3v) is 3.41. The average molecular weight is 354 g/mol. The summed E-state index contributed by atoms with van der Waals surface area (Å²) < 4.78 is 0. The monoisotopic (exact) mass is 354 g/mol. The van der Waals surface area contributed by atoms with Crippen LogP contribution in [-0.4, -0.2) is 29.5 Å². The van der Waals surface area contributed by atoms with Crippen molar-refractivity contribution in [2.24, 2.45) is 5.10 Å². The third-order valence-electron chi connectivity index (χ3n) is 3.41. The molecule has 0 atom stereocenters. The van der Waals surface area contributed by atoms with Crippen molar-refractivity contribution in [3.63, 3.8) is 0 Å². The molecule has 0 bridgehead atoms. The molecule has 0 aromatic heterocycles. The molecule has 0 unspecified atom stereocenters. The fourth-order valence-corrected chi connectivity index (χ4v) is 2.06. The van der Waals surface area contributed by atoms with Crippen molar-refractivity contribution in [2.45, 2.75) is 12.8 Å². The summed E-state index contributed by atoms with van der Waals surface area (Å²) in [6.07, 6.45) is 2.10. The van der Waals surface area contributed by atoms with E-state index in [4.69, 9.17) is 0 Å². The topological polar surface area (TPSA) is 114 Å². The molecule has 0 aliphatic rings. The summed E-state index contributed by atoms with van der Waals surface area (Å²) in [5, 5.41) is 17.1. The zero-order chi connectivity index (χ0) is 18.8. The number of nitrogens with zero attached hydrogens (tertiary/aromatic N) is 2. The summed E-state index contributed by atoms with van der Waals surface area (Å²) in [7, 11) is 0. The van der Waals surface area contributed by atoms with Gasteiger partial charge in [0.15, 0.2) is 0 Å². The Balaban J connectivity index is 1.65. The van der Waals surface area contributed by atoms with Gasteiger partial charge in [0.1, 0.15) is 0 Å². The van der Waals surface area contributed by atoms with E-state index in [0.29, 0.717) is 24.1 Å². The van der Waals surface area contributed by atoms with Gasteiger partial charge in [-0.15, -0.1) is 0 Å². The quantitative estimate of drug-likeness (QED) is 0.327. The first-order chi connectivity index (χ1) is 12.6. The van der Waals surface area contributed by atoms with Crippen molar-refractivity contribution >= 4 is 23.7 Å². The minimum absolute atomic E-state index is 0.0104. The Morgan fingerprint density at radius 3 is 2.42 bits per heavy atom. The highest BCUT2D eigenvalue weighted by molar-refractivity contribution is 5.94. The van der Waals surface area contributed by atoms with Gasteiger partial charge in [-0.1, -0.05) is 18.2 Å². The molecule has 134 valence electrons. The number of hydrogen-bond donors (Lipinski definition) is 2. The van der Waals surface area contributed by atoms with Crippen LogP contribution in [-0.2, 0) is 4.79 Å². The second-order valence-electron chi connectivity index (χ2n) is 5.37. The van der Waals surface area contributed by atoms with Crippen LogP contribution < -0.4 is 10.7 Å². The standard InChI is InChI=1S/C18H18N4O4/c23-17(7-4-12-19-18(24)15-5-2-1-3-6-15)21-20-13-14-8-10-16(11-9-14)22(25)26/h1-3,5-6,8-11,13H,4,7,12H2,(H,19,24)(H,21,23)/b20-13+. The first-order valence-electron chi connectivity index (χ1n) is 7.96. The fraction of sp³-hybridized carbons (Fsp3) is 0.167. The molecular weight excluding hydrogens is 336 g/mol. The predicted molar refractivity (Wildman–Crippen MR) is 96.8 cm³/mol. The minimum atomic E-state index is -0.487. The lowest BCUT2D eigenvalue weighted by Gasteiger charge is -2.04. The maximum Gasteiger partial charge on any atom is 0.269 e. The molecule has 0 saturated carbocycles. The molecule has 2 N–H and O–H groups in total. The highest BCUT2D eigenvalue weighted by Crippen LogP contribution is 2.10. The van der Waals surface area contributed by atoms with Crippen LogP contribution in [0.15, 0.2) is 59.7 Å². The first-order valence-corrected chi connectivity index (χ1v) is 7.96. The molecule has 0 radical (unpaired) electrons. The third kappa shape index (κ3) is 6.16. The van der Waals surface area contributed by atoms with Gasteiger partial charge in [-0.25, -0.2) is 5.43 Å². The molecule has 0 aliphatic heterocycles. The van der Waals surface area contributed by atoms with E-state index in [9.17, 15) is 19.7 Å². The Bertz CT molecular complexity index is 789. The lowest BCUT2D eigenvalue weighted by Crippen LogP contribution is -2.26. The van der Waals surface area contributed by atoms with E-state index in [2.05, 4.69) is 15.8 Å². The first kappa shape index (κ1) is 18.8. The number of hydrogen-bond acceptors (Lipinski definition) is 5. The van der Waals surface area contributed by atoms with Crippen molar-refractivity contribution in [1.82, 2.24) is 10.7 Å². The molecule has 8 heteroatoms. The van der Waals surface area contributed by atoms with E-state index in [1.54, 1.807) is 24.3 Å². The Labute approximate surface area is 150 Å². The summed E-state index contributed by atoms with van der Waals surface area (Å²) >= 11 is 0. The van der Waals surface area contributed by atoms with E-state index in [0.717, 1.165) is 0 Å². The molecule has 2 aromatic rings. The van der Waals surface area contributed by atoms with Gasteiger partial charge in [0, 0.05) is 30.7 Å². The number of hydrazone groups is 1. The Morgan fingerprint density at radius 1 is 1.08 bits per heavy atom. The van der Waals surface area contributed by atoms with Crippen LogP contribution in [0.3, 0.4) is 0 Å². The van der Waals surface area contributed by atoms with Crippen molar-refractivity contribution in [3.8, 4) is 0 Å². The van der Waals surface area contributed by atoms with Crippen LogP contribution >= 0.6 is 0 Å². The molecule has 0 aliphatic carbocycles. The molecular formula is C18H18N4O4. The van der Waals surface area contributed by atoms with E-state index in [1.807, 2.05) is 6.07 Å². The molecule has 2 amide bonds. The number of nitrogens with one attached hydrogen (secondary N) is 2. The van der Waals surface area contributed by atoms with Crippen LogP contribution in [0.2, 0.25) is 0 Å². The van der Waals surface area contributed by atoms with Crippen LogP contribution in [0.5, 0.6) is 0 Å². The minimum Gasteiger partial charge on any atom is -0.352 e. The summed E-state index contributed by atoms with van der Waals surface area (Å²) in [6.45, 7) is 0.382.